The van der Waals surface area contributed by atoms with Crippen molar-refractivity contribution in [1.29, 1.82) is 0 Å². The fourth-order valence-electron chi connectivity index (χ4n) is 2.66. The second-order valence-electron chi connectivity index (χ2n) is 4.96. The quantitative estimate of drug-likeness (QED) is 0.905. The number of nitrogens with one attached hydrogen (secondary N) is 1. The topological polar surface area (TPSA) is 33.7 Å². The number of methoxy groups -OCH3 is 1. The Bertz CT molecular complexity index is 442. The van der Waals surface area contributed by atoms with Crippen LogP contribution in [-0.2, 0) is 4.74 Å². The summed E-state index contributed by atoms with van der Waals surface area (Å²) >= 11 is 6.09. The Hall–Kier alpha value is -0.810. The number of hydrogen-bond donors (Lipinski definition) is 1. The zero-order valence-corrected chi connectivity index (χ0v) is 13.1. The summed E-state index contributed by atoms with van der Waals surface area (Å²) in [5, 5.41) is 3.98. The van der Waals surface area contributed by atoms with Crippen LogP contribution in [0.2, 0.25) is 5.02 Å². The molecule has 1 saturated heterocycles. The summed E-state index contributed by atoms with van der Waals surface area (Å²) in [6.07, 6.45) is 0.139. The maximum absolute atomic E-state index is 6.09. The largest absolute Gasteiger partial charge is 0.495 e. The van der Waals surface area contributed by atoms with Crippen molar-refractivity contribution in [1.82, 2.24) is 10.2 Å². The molecule has 20 heavy (non-hydrogen) atoms. The van der Waals surface area contributed by atoms with E-state index in [1.54, 1.807) is 7.11 Å². The molecule has 2 unspecified atom stereocenters. The third-order valence-corrected chi connectivity index (χ3v) is 4.15. The summed E-state index contributed by atoms with van der Waals surface area (Å²) in [7, 11) is 3.59. The monoisotopic (exact) mass is 298 g/mol. The lowest BCUT2D eigenvalue weighted by atomic mass is 10.00. The van der Waals surface area contributed by atoms with E-state index in [1.165, 1.54) is 0 Å². The molecule has 1 N–H and O–H groups in total. The van der Waals surface area contributed by atoms with Crippen molar-refractivity contribution < 1.29 is 9.47 Å². The van der Waals surface area contributed by atoms with E-state index in [4.69, 9.17) is 21.1 Å². The molecule has 1 aliphatic rings. The second-order valence-corrected chi connectivity index (χ2v) is 5.37. The van der Waals surface area contributed by atoms with Crippen LogP contribution >= 0.6 is 11.6 Å². The van der Waals surface area contributed by atoms with Gasteiger partial charge in [0.1, 0.15) is 5.75 Å². The first-order valence-corrected chi connectivity index (χ1v) is 7.42. The highest BCUT2D eigenvalue weighted by Gasteiger charge is 2.28. The van der Waals surface area contributed by atoms with E-state index < -0.39 is 0 Å². The lowest BCUT2D eigenvalue weighted by Gasteiger charge is -2.36. The van der Waals surface area contributed by atoms with Gasteiger partial charge in [-0.25, -0.2) is 0 Å². The van der Waals surface area contributed by atoms with Crippen LogP contribution in [0.5, 0.6) is 5.75 Å². The SMILES string of the molecule is CCN1CCOC(C(NC)c2ccc(Cl)c(OC)c2)C1. The Labute approximate surface area is 126 Å². The van der Waals surface area contributed by atoms with Gasteiger partial charge in [0.15, 0.2) is 0 Å². The number of benzene rings is 1. The summed E-state index contributed by atoms with van der Waals surface area (Å²) in [6, 6.07) is 6.02. The molecule has 112 valence electrons. The zero-order chi connectivity index (χ0) is 14.5. The van der Waals surface area contributed by atoms with Crippen LogP contribution in [0, 0.1) is 0 Å². The van der Waals surface area contributed by atoms with E-state index in [2.05, 4.69) is 17.1 Å². The van der Waals surface area contributed by atoms with Gasteiger partial charge in [-0.2, -0.15) is 0 Å². The summed E-state index contributed by atoms with van der Waals surface area (Å²) in [4.78, 5) is 2.41. The van der Waals surface area contributed by atoms with E-state index in [1.807, 2.05) is 25.2 Å². The molecule has 1 aliphatic heterocycles. The molecule has 1 aromatic carbocycles. The second kappa shape index (κ2) is 7.27. The number of likely N-dealkylation sites (N-methyl/N-ethyl adjacent to an activating group) is 2. The van der Waals surface area contributed by atoms with Gasteiger partial charge >= 0.3 is 0 Å². The molecule has 0 saturated carbocycles. The minimum absolute atomic E-state index is 0.135. The van der Waals surface area contributed by atoms with E-state index >= 15 is 0 Å². The Morgan fingerprint density at radius 1 is 1.55 bits per heavy atom. The summed E-state index contributed by atoms with van der Waals surface area (Å²) in [6.45, 7) is 5.96. The average Bonchev–Trinajstić information content (AvgIpc) is 2.50. The van der Waals surface area contributed by atoms with Crippen LogP contribution in [0.3, 0.4) is 0 Å². The summed E-state index contributed by atoms with van der Waals surface area (Å²) < 4.78 is 11.2. The predicted octanol–water partition coefficient (Wildman–Crippen LogP) is 2.33. The third-order valence-electron chi connectivity index (χ3n) is 3.84. The van der Waals surface area contributed by atoms with Crippen molar-refractivity contribution in [3.8, 4) is 5.75 Å². The van der Waals surface area contributed by atoms with Gasteiger partial charge in [-0.05, 0) is 31.3 Å². The number of nitrogens with zero attached hydrogens (tertiary/aromatic N) is 1. The minimum Gasteiger partial charge on any atom is -0.495 e. The highest BCUT2D eigenvalue weighted by atomic mass is 35.5. The minimum atomic E-state index is 0.135. The van der Waals surface area contributed by atoms with Crippen molar-refractivity contribution >= 4 is 11.6 Å². The number of rotatable bonds is 5. The molecule has 1 fully saturated rings. The normalized spacial score (nSPS) is 21.7. The summed E-state index contributed by atoms with van der Waals surface area (Å²) in [5.74, 6) is 0.701. The smallest absolute Gasteiger partial charge is 0.137 e. The molecular formula is C15H23ClN2O2. The van der Waals surface area contributed by atoms with Crippen molar-refractivity contribution in [2.75, 3.05) is 40.4 Å². The molecule has 0 bridgehead atoms. The molecule has 0 amide bonds. The van der Waals surface area contributed by atoms with Gasteiger partial charge in [0.25, 0.3) is 0 Å². The third kappa shape index (κ3) is 3.44. The summed E-state index contributed by atoms with van der Waals surface area (Å²) in [5.41, 5.74) is 1.14. The Balaban J connectivity index is 2.18. The fourth-order valence-corrected chi connectivity index (χ4v) is 2.85. The van der Waals surface area contributed by atoms with Crippen LogP contribution in [0.4, 0.5) is 0 Å². The number of halogens is 1. The first-order chi connectivity index (χ1) is 9.69. The maximum Gasteiger partial charge on any atom is 0.137 e. The van der Waals surface area contributed by atoms with Crippen molar-refractivity contribution in [3.05, 3.63) is 28.8 Å². The van der Waals surface area contributed by atoms with Gasteiger partial charge < -0.3 is 14.8 Å². The Morgan fingerprint density at radius 3 is 3.00 bits per heavy atom. The maximum atomic E-state index is 6.09. The van der Waals surface area contributed by atoms with Gasteiger partial charge in [0.05, 0.1) is 30.9 Å². The molecule has 2 rings (SSSR count). The van der Waals surface area contributed by atoms with Crippen LogP contribution in [0.25, 0.3) is 0 Å². The number of hydrogen-bond acceptors (Lipinski definition) is 4. The van der Waals surface area contributed by atoms with Crippen molar-refractivity contribution in [3.63, 3.8) is 0 Å². The molecule has 2 atom stereocenters. The standard InChI is InChI=1S/C15H23ClN2O2/c1-4-18-7-8-20-14(10-18)15(17-2)11-5-6-12(16)13(9-11)19-3/h5-6,9,14-15,17H,4,7-8,10H2,1-3H3. The molecule has 0 radical (unpaired) electrons. The van der Waals surface area contributed by atoms with Gasteiger partial charge in [-0.15, -0.1) is 0 Å². The lowest BCUT2D eigenvalue weighted by Crippen LogP contribution is -2.47. The number of ether oxygens (including phenoxy) is 2. The first-order valence-electron chi connectivity index (χ1n) is 7.04. The van der Waals surface area contributed by atoms with Gasteiger partial charge in [0, 0.05) is 13.1 Å². The molecular weight excluding hydrogens is 276 g/mol. The molecule has 1 heterocycles. The average molecular weight is 299 g/mol. The van der Waals surface area contributed by atoms with Crippen LogP contribution in [0.1, 0.15) is 18.5 Å². The molecule has 0 spiro atoms. The highest BCUT2D eigenvalue weighted by molar-refractivity contribution is 6.32. The molecule has 5 heteroatoms. The predicted molar refractivity (Wildman–Crippen MR) is 81.7 cm³/mol. The van der Waals surface area contributed by atoms with E-state index in [0.717, 1.165) is 31.8 Å². The van der Waals surface area contributed by atoms with Gasteiger partial charge in [-0.1, -0.05) is 24.6 Å². The van der Waals surface area contributed by atoms with Crippen LogP contribution < -0.4 is 10.1 Å². The lowest BCUT2D eigenvalue weighted by molar-refractivity contribution is -0.0444. The van der Waals surface area contributed by atoms with Crippen LogP contribution in [0.15, 0.2) is 18.2 Å². The van der Waals surface area contributed by atoms with Gasteiger partial charge in [0.2, 0.25) is 0 Å². The molecule has 0 aliphatic carbocycles. The van der Waals surface area contributed by atoms with Gasteiger partial charge in [-0.3, -0.25) is 4.90 Å². The van der Waals surface area contributed by atoms with E-state index in [9.17, 15) is 0 Å². The molecule has 4 nitrogen and oxygen atoms in total. The Morgan fingerprint density at radius 2 is 2.35 bits per heavy atom. The molecule has 1 aromatic rings. The number of morpholine rings is 1. The van der Waals surface area contributed by atoms with Crippen LogP contribution in [-0.4, -0.2) is 51.4 Å². The van der Waals surface area contributed by atoms with E-state index in [-0.39, 0.29) is 12.1 Å². The fraction of sp³-hybridized carbons (Fsp3) is 0.600. The first kappa shape index (κ1) is 15.6. The zero-order valence-electron chi connectivity index (χ0n) is 12.4. The van der Waals surface area contributed by atoms with Crippen molar-refractivity contribution in [2.45, 2.75) is 19.1 Å². The highest BCUT2D eigenvalue weighted by Crippen LogP contribution is 2.30. The van der Waals surface area contributed by atoms with E-state index in [0.29, 0.717) is 10.8 Å². The van der Waals surface area contributed by atoms with Crippen molar-refractivity contribution in [2.24, 2.45) is 0 Å². The Kier molecular flexibility index (Phi) is 5.66. The molecule has 0 aromatic heterocycles.